The lowest BCUT2D eigenvalue weighted by molar-refractivity contribution is -0.0826. The molecule has 0 amide bonds. The van der Waals surface area contributed by atoms with E-state index in [2.05, 4.69) is 32.1 Å². The van der Waals surface area contributed by atoms with Crippen LogP contribution in [0.1, 0.15) is 58.8 Å². The molecule has 2 fully saturated rings. The van der Waals surface area contributed by atoms with Gasteiger partial charge >= 0.3 is 0 Å². The van der Waals surface area contributed by atoms with Crippen LogP contribution < -0.4 is 0 Å². The molecule has 0 N–H and O–H groups in total. The zero-order valence-electron chi connectivity index (χ0n) is 12.7. The molecule has 19 heavy (non-hydrogen) atoms. The molecule has 0 radical (unpaired) electrons. The van der Waals surface area contributed by atoms with Crippen molar-refractivity contribution >= 4 is 0 Å². The molecule has 3 rings (SSSR count). The van der Waals surface area contributed by atoms with Crippen LogP contribution in [0.25, 0.3) is 0 Å². The van der Waals surface area contributed by atoms with Gasteiger partial charge in [-0.05, 0) is 61.5 Å². The third-order valence-electron chi connectivity index (χ3n) is 6.68. The molecule has 3 aliphatic carbocycles. The monoisotopic (exact) mass is 260 g/mol. The molecule has 3 aliphatic rings. The molecule has 1 nitrogen and oxygen atoms in total. The summed E-state index contributed by atoms with van der Waals surface area (Å²) in [4.78, 5) is 0. The fourth-order valence-corrected chi connectivity index (χ4v) is 5.57. The number of allylic oxidation sites excluding steroid dienone is 3. The first-order valence-electron chi connectivity index (χ1n) is 8.11. The molecule has 0 spiro atoms. The van der Waals surface area contributed by atoms with E-state index in [1.165, 1.54) is 44.9 Å². The first-order chi connectivity index (χ1) is 9.16. The first-order valence-corrected chi connectivity index (χ1v) is 8.11. The van der Waals surface area contributed by atoms with Gasteiger partial charge in [0.15, 0.2) is 0 Å². The molecule has 0 saturated heterocycles. The normalized spacial score (nSPS) is 45.1. The van der Waals surface area contributed by atoms with Crippen LogP contribution in [0.15, 0.2) is 24.0 Å². The van der Waals surface area contributed by atoms with Gasteiger partial charge in [0.05, 0.1) is 7.11 Å². The Morgan fingerprint density at radius 2 is 2.11 bits per heavy atom. The number of hydrogen-bond donors (Lipinski definition) is 0. The summed E-state index contributed by atoms with van der Waals surface area (Å²) in [6.45, 7) is 4.94. The molecule has 2 saturated carbocycles. The Morgan fingerprint density at radius 3 is 2.84 bits per heavy atom. The van der Waals surface area contributed by atoms with Crippen LogP contribution in [0.5, 0.6) is 0 Å². The molecule has 0 bridgehead atoms. The lowest BCUT2D eigenvalue weighted by atomic mass is 9.43. The third kappa shape index (κ3) is 1.73. The minimum atomic E-state index is 0.311. The number of fused-ring (bicyclic) bond motifs is 3. The quantitative estimate of drug-likeness (QED) is 0.672. The summed E-state index contributed by atoms with van der Waals surface area (Å²) < 4.78 is 5.55. The van der Waals surface area contributed by atoms with Crippen molar-refractivity contribution in [1.29, 1.82) is 0 Å². The summed E-state index contributed by atoms with van der Waals surface area (Å²) in [6, 6.07) is 0. The number of methoxy groups -OCH3 is 1. The maximum Gasteiger partial charge on any atom is 0.115 e. The van der Waals surface area contributed by atoms with Crippen LogP contribution in [-0.2, 0) is 4.74 Å². The van der Waals surface area contributed by atoms with Crippen LogP contribution in [-0.4, -0.2) is 7.11 Å². The van der Waals surface area contributed by atoms with E-state index in [1.54, 1.807) is 7.11 Å². The van der Waals surface area contributed by atoms with Crippen molar-refractivity contribution in [2.24, 2.45) is 22.7 Å². The minimum Gasteiger partial charge on any atom is -0.497 e. The van der Waals surface area contributed by atoms with Gasteiger partial charge in [-0.15, -0.1) is 0 Å². The van der Waals surface area contributed by atoms with Crippen LogP contribution >= 0.6 is 0 Å². The highest BCUT2D eigenvalue weighted by molar-refractivity contribution is 5.29. The van der Waals surface area contributed by atoms with Gasteiger partial charge in [-0.1, -0.05) is 32.8 Å². The topological polar surface area (TPSA) is 9.23 Å². The maximum atomic E-state index is 5.55. The highest BCUT2D eigenvalue weighted by Crippen LogP contribution is 2.65. The Morgan fingerprint density at radius 1 is 1.26 bits per heavy atom. The van der Waals surface area contributed by atoms with Gasteiger partial charge < -0.3 is 4.74 Å². The molecule has 0 aromatic rings. The predicted octanol–water partition coefficient (Wildman–Crippen LogP) is 5.09. The largest absolute Gasteiger partial charge is 0.497 e. The van der Waals surface area contributed by atoms with Crippen LogP contribution in [0.4, 0.5) is 0 Å². The molecular formula is C18H28O. The van der Waals surface area contributed by atoms with Crippen molar-refractivity contribution in [3.05, 3.63) is 24.0 Å². The highest BCUT2D eigenvalue weighted by Gasteiger charge is 2.57. The second-order valence-electron chi connectivity index (χ2n) is 7.03. The summed E-state index contributed by atoms with van der Waals surface area (Å²) in [6.07, 6.45) is 17.0. The average Bonchev–Trinajstić information content (AvgIpc) is 2.46. The van der Waals surface area contributed by atoms with Gasteiger partial charge in [0.2, 0.25) is 0 Å². The van der Waals surface area contributed by atoms with Gasteiger partial charge in [0.1, 0.15) is 5.76 Å². The Labute approximate surface area is 118 Å². The van der Waals surface area contributed by atoms with Gasteiger partial charge in [-0.2, -0.15) is 0 Å². The Bertz CT molecular complexity index is 408. The van der Waals surface area contributed by atoms with E-state index in [-0.39, 0.29) is 0 Å². The SMILES string of the molecule is CCC12CCCC[C@@H]1CCC1C=CC(OC)=CC12C. The zero-order chi connectivity index (χ0) is 13.5. The zero-order valence-corrected chi connectivity index (χ0v) is 12.7. The van der Waals surface area contributed by atoms with E-state index < -0.39 is 0 Å². The summed E-state index contributed by atoms with van der Waals surface area (Å²) in [5.74, 6) is 2.74. The number of ether oxygens (including phenoxy) is 1. The minimum absolute atomic E-state index is 0.311. The van der Waals surface area contributed by atoms with Gasteiger partial charge in [0, 0.05) is 5.41 Å². The van der Waals surface area contributed by atoms with Crippen molar-refractivity contribution in [2.45, 2.75) is 58.8 Å². The van der Waals surface area contributed by atoms with Gasteiger partial charge in [0.25, 0.3) is 0 Å². The van der Waals surface area contributed by atoms with Crippen LogP contribution in [0.2, 0.25) is 0 Å². The molecule has 0 heterocycles. The molecule has 1 heteroatoms. The Hall–Kier alpha value is -0.720. The molecule has 0 aromatic carbocycles. The smallest absolute Gasteiger partial charge is 0.115 e. The third-order valence-corrected chi connectivity index (χ3v) is 6.68. The summed E-state index contributed by atoms with van der Waals surface area (Å²) >= 11 is 0. The second-order valence-corrected chi connectivity index (χ2v) is 7.03. The molecule has 0 aliphatic heterocycles. The predicted molar refractivity (Wildman–Crippen MR) is 79.7 cm³/mol. The number of rotatable bonds is 2. The lowest BCUT2D eigenvalue weighted by Gasteiger charge is -2.61. The highest BCUT2D eigenvalue weighted by atomic mass is 16.5. The van der Waals surface area contributed by atoms with E-state index in [1.807, 2.05) is 0 Å². The van der Waals surface area contributed by atoms with Gasteiger partial charge in [-0.3, -0.25) is 0 Å². The maximum absolute atomic E-state index is 5.55. The molecule has 3 unspecified atom stereocenters. The molecule has 106 valence electrons. The van der Waals surface area contributed by atoms with E-state index in [9.17, 15) is 0 Å². The standard InChI is InChI=1S/C18H28O/c1-4-18-12-6-5-7-15(18)9-8-14-10-11-16(19-3)13-17(14,18)2/h10-11,13-15H,4-9,12H2,1-3H3/t14?,15-,17?,18?/m1/s1. The number of hydrogen-bond acceptors (Lipinski definition) is 1. The Kier molecular flexibility index (Phi) is 3.27. The van der Waals surface area contributed by atoms with Crippen molar-refractivity contribution < 1.29 is 4.74 Å². The summed E-state index contributed by atoms with van der Waals surface area (Å²) in [5, 5.41) is 0. The van der Waals surface area contributed by atoms with Crippen molar-refractivity contribution in [3.8, 4) is 0 Å². The van der Waals surface area contributed by atoms with E-state index in [0.29, 0.717) is 10.8 Å². The molecular weight excluding hydrogens is 232 g/mol. The molecule has 0 aromatic heterocycles. The van der Waals surface area contributed by atoms with Crippen LogP contribution in [0.3, 0.4) is 0 Å². The first kappa shape index (κ1) is 13.3. The van der Waals surface area contributed by atoms with Crippen LogP contribution in [0, 0.1) is 22.7 Å². The fourth-order valence-electron chi connectivity index (χ4n) is 5.57. The van der Waals surface area contributed by atoms with E-state index in [0.717, 1.165) is 17.6 Å². The average molecular weight is 260 g/mol. The van der Waals surface area contributed by atoms with Crippen molar-refractivity contribution in [1.82, 2.24) is 0 Å². The van der Waals surface area contributed by atoms with Crippen molar-refractivity contribution in [2.75, 3.05) is 7.11 Å². The van der Waals surface area contributed by atoms with E-state index >= 15 is 0 Å². The Balaban J connectivity index is 2.06. The summed E-state index contributed by atoms with van der Waals surface area (Å²) in [7, 11) is 1.81. The lowest BCUT2D eigenvalue weighted by Crippen LogP contribution is -2.53. The van der Waals surface area contributed by atoms with E-state index in [4.69, 9.17) is 4.74 Å². The second kappa shape index (κ2) is 4.68. The van der Waals surface area contributed by atoms with Crippen molar-refractivity contribution in [3.63, 3.8) is 0 Å². The fraction of sp³-hybridized carbons (Fsp3) is 0.778. The van der Waals surface area contributed by atoms with Gasteiger partial charge in [-0.25, -0.2) is 0 Å². The molecule has 4 atom stereocenters. The summed E-state index contributed by atoms with van der Waals surface area (Å²) in [5.41, 5.74) is 0.827.